The third kappa shape index (κ3) is 4.20. The van der Waals surface area contributed by atoms with Crippen molar-refractivity contribution in [3.05, 3.63) is 0 Å². The number of nitrogens with zero attached hydrogens (tertiary/aromatic N) is 2. The number of carboxylic acids is 2. The van der Waals surface area contributed by atoms with Gasteiger partial charge in [-0.2, -0.15) is 16.8 Å². The second kappa shape index (κ2) is 8.19. The normalized spacial score (nSPS) is 24.2. The molecule has 2 aliphatic rings. The Balaban J connectivity index is 2.73. The molecule has 2 saturated heterocycles. The molecule has 0 aromatic heterocycles. The maximum Gasteiger partial charge on any atom is 0.351 e. The van der Waals surface area contributed by atoms with Gasteiger partial charge in [0.2, 0.25) is 17.5 Å². The van der Waals surface area contributed by atoms with Gasteiger partial charge >= 0.3 is 11.9 Å². The summed E-state index contributed by atoms with van der Waals surface area (Å²) in [5.41, 5.74) is -3.35. The fraction of sp³-hybridized carbons (Fsp3) is 0.571. The molecule has 0 bridgehead atoms. The minimum Gasteiger partial charge on any atom is -0.481 e. The summed E-state index contributed by atoms with van der Waals surface area (Å²) < 4.78 is 64.1. The molecule has 4 N–H and O–H groups in total. The van der Waals surface area contributed by atoms with Gasteiger partial charge < -0.3 is 10.2 Å². The zero-order chi connectivity index (χ0) is 24.8. The van der Waals surface area contributed by atoms with Gasteiger partial charge in [-0.15, -0.1) is 0 Å². The first-order chi connectivity index (χ1) is 14.5. The average molecular weight is 500 g/mol. The van der Waals surface area contributed by atoms with E-state index in [0.717, 1.165) is 0 Å². The van der Waals surface area contributed by atoms with Gasteiger partial charge in [-0.05, 0) is 6.42 Å². The summed E-state index contributed by atoms with van der Waals surface area (Å²) in [6.45, 7) is 0. The second-order valence-electron chi connectivity index (χ2n) is 6.92. The lowest BCUT2D eigenvalue weighted by molar-refractivity contribution is -0.183. The van der Waals surface area contributed by atoms with E-state index in [4.69, 9.17) is 5.11 Å². The predicted molar refractivity (Wildman–Crippen MR) is 95.5 cm³/mol. The minimum absolute atomic E-state index is 0.280. The maximum atomic E-state index is 12.6. The van der Waals surface area contributed by atoms with Crippen LogP contribution in [0.1, 0.15) is 32.1 Å². The molecule has 0 radical (unpaired) electrons. The third-order valence-corrected chi connectivity index (χ3v) is 7.10. The first-order valence-corrected chi connectivity index (χ1v) is 11.6. The minimum atomic E-state index is -5.25. The highest BCUT2D eigenvalue weighted by Crippen LogP contribution is 2.38. The molecule has 2 rings (SSSR count). The van der Waals surface area contributed by atoms with Crippen LogP contribution in [0.5, 0.6) is 0 Å². The molecule has 0 aliphatic carbocycles. The predicted octanol–water partition coefficient (Wildman–Crippen LogP) is -2.95. The summed E-state index contributed by atoms with van der Waals surface area (Å²) in [5, 5.41) is 13.8. The first kappa shape index (κ1) is 25.3. The van der Waals surface area contributed by atoms with E-state index < -0.39 is 104 Å². The van der Waals surface area contributed by atoms with Crippen molar-refractivity contribution >= 4 is 55.8 Å². The van der Waals surface area contributed by atoms with Crippen molar-refractivity contribution in [2.75, 3.05) is 0 Å². The molecule has 18 heteroatoms. The fourth-order valence-electron chi connectivity index (χ4n) is 3.56. The van der Waals surface area contributed by atoms with E-state index in [1.165, 1.54) is 0 Å². The number of likely N-dealkylation sites (tertiary alicyclic amines) is 2. The van der Waals surface area contributed by atoms with Crippen LogP contribution in [0, 0.1) is 0 Å². The molecule has 2 fully saturated rings. The van der Waals surface area contributed by atoms with Gasteiger partial charge in [-0.1, -0.05) is 0 Å². The van der Waals surface area contributed by atoms with Gasteiger partial charge in [0.1, 0.15) is 0 Å². The number of aliphatic carboxylic acids is 2. The SMILES string of the molecule is O=C(O)CCCC(C(=O)O)(N1C(=O)CC(S(=O)(=O)O)C1=O)N1C(=O)CC(S(=O)(=O)O)C1=O. The van der Waals surface area contributed by atoms with E-state index in [-0.39, 0.29) is 9.80 Å². The van der Waals surface area contributed by atoms with Crippen LogP contribution in [-0.2, 0) is 49.0 Å². The number of rotatable bonds is 9. The number of carboxylic acid groups (broad SMARTS) is 2. The molecule has 178 valence electrons. The molecule has 0 spiro atoms. The largest absolute Gasteiger partial charge is 0.481 e. The van der Waals surface area contributed by atoms with Crippen LogP contribution >= 0.6 is 0 Å². The molecule has 4 amide bonds. The average Bonchev–Trinajstić information content (AvgIpc) is 3.08. The third-order valence-electron chi connectivity index (χ3n) is 4.93. The molecule has 16 nitrogen and oxygen atoms in total. The summed E-state index contributed by atoms with van der Waals surface area (Å²) in [5.74, 6) is -10.5. The Morgan fingerprint density at radius 1 is 0.844 bits per heavy atom. The second-order valence-corrected chi connectivity index (χ2v) is 10.1. The number of amides is 4. The van der Waals surface area contributed by atoms with E-state index in [0.29, 0.717) is 0 Å². The summed E-state index contributed by atoms with van der Waals surface area (Å²) >= 11 is 0. The molecule has 32 heavy (non-hydrogen) atoms. The van der Waals surface area contributed by atoms with E-state index in [1.54, 1.807) is 0 Å². The van der Waals surface area contributed by atoms with E-state index in [9.17, 15) is 59.8 Å². The van der Waals surface area contributed by atoms with Crippen molar-refractivity contribution in [1.82, 2.24) is 9.80 Å². The quantitative estimate of drug-likeness (QED) is 0.182. The highest BCUT2D eigenvalue weighted by atomic mass is 32.2. The monoisotopic (exact) mass is 500 g/mol. The zero-order valence-electron chi connectivity index (χ0n) is 15.8. The van der Waals surface area contributed by atoms with Crippen molar-refractivity contribution in [2.24, 2.45) is 0 Å². The summed E-state index contributed by atoms with van der Waals surface area (Å²) in [7, 11) is -10.5. The lowest BCUT2D eigenvalue weighted by atomic mass is 9.97. The van der Waals surface area contributed by atoms with Gasteiger partial charge in [0.15, 0.2) is 10.5 Å². The Kier molecular flexibility index (Phi) is 6.47. The molecule has 0 saturated carbocycles. The number of hydrogen-bond donors (Lipinski definition) is 4. The lowest BCUT2D eigenvalue weighted by Crippen LogP contribution is -2.69. The van der Waals surface area contributed by atoms with E-state index in [2.05, 4.69) is 0 Å². The Morgan fingerprint density at radius 2 is 1.22 bits per heavy atom. The zero-order valence-corrected chi connectivity index (χ0v) is 17.4. The van der Waals surface area contributed by atoms with Crippen LogP contribution < -0.4 is 0 Å². The summed E-state index contributed by atoms with van der Waals surface area (Å²) in [6.07, 6.45) is -5.10. The van der Waals surface area contributed by atoms with Crippen LogP contribution in [0.15, 0.2) is 0 Å². The highest BCUT2D eigenvalue weighted by Gasteiger charge is 2.66. The fourth-order valence-corrected chi connectivity index (χ4v) is 4.99. The molecular weight excluding hydrogens is 484 g/mol. The van der Waals surface area contributed by atoms with Crippen molar-refractivity contribution in [2.45, 2.75) is 48.3 Å². The van der Waals surface area contributed by atoms with Crippen molar-refractivity contribution in [3.8, 4) is 0 Å². The van der Waals surface area contributed by atoms with Crippen LogP contribution in [0.2, 0.25) is 0 Å². The van der Waals surface area contributed by atoms with Crippen LogP contribution in [-0.4, -0.2) is 97.7 Å². The van der Waals surface area contributed by atoms with Gasteiger partial charge in [0.25, 0.3) is 32.1 Å². The number of carbonyl (C=O) groups excluding carboxylic acids is 4. The first-order valence-electron chi connectivity index (χ1n) is 8.57. The van der Waals surface area contributed by atoms with Gasteiger partial charge in [0, 0.05) is 12.8 Å². The molecule has 2 atom stereocenters. The van der Waals surface area contributed by atoms with Crippen molar-refractivity contribution in [3.63, 3.8) is 0 Å². The van der Waals surface area contributed by atoms with E-state index >= 15 is 0 Å². The summed E-state index contributed by atoms with van der Waals surface area (Å²) in [4.78, 5) is 72.8. The number of imide groups is 2. The molecule has 2 heterocycles. The maximum absolute atomic E-state index is 12.6. The van der Waals surface area contributed by atoms with Gasteiger partial charge in [0.05, 0.1) is 12.8 Å². The van der Waals surface area contributed by atoms with E-state index in [1.807, 2.05) is 0 Å². The Labute approximate surface area is 179 Å². The topological polar surface area (TPSA) is 258 Å². The highest BCUT2D eigenvalue weighted by molar-refractivity contribution is 7.87. The molecule has 0 aromatic rings. The number of carbonyl (C=O) groups is 6. The van der Waals surface area contributed by atoms with Crippen molar-refractivity contribution in [1.29, 1.82) is 0 Å². The van der Waals surface area contributed by atoms with Crippen molar-refractivity contribution < 1.29 is 64.9 Å². The van der Waals surface area contributed by atoms with Crippen LogP contribution in [0.25, 0.3) is 0 Å². The smallest absolute Gasteiger partial charge is 0.351 e. The molecule has 0 aromatic carbocycles. The Hall–Kier alpha value is -2.96. The summed E-state index contributed by atoms with van der Waals surface area (Å²) in [6, 6.07) is 0. The molecule has 2 unspecified atom stereocenters. The lowest BCUT2D eigenvalue weighted by Gasteiger charge is -2.42. The Morgan fingerprint density at radius 3 is 1.47 bits per heavy atom. The standard InChI is InChI=1S/C14H16N2O14S2/c17-8-4-6(31(25,26)27)11(21)15(8)14(13(23)24,3-1-2-10(19)20)16-9(18)5-7(12(16)22)32(28,29)30/h6-7H,1-5H2,(H,19,20)(H,23,24)(H,25,26,27)(H,28,29,30). The number of hydrogen-bond acceptors (Lipinski definition) is 10. The van der Waals surface area contributed by atoms with Gasteiger partial charge in [-0.25, -0.2) is 14.6 Å². The van der Waals surface area contributed by atoms with Crippen LogP contribution in [0.4, 0.5) is 0 Å². The molecule has 2 aliphatic heterocycles. The molecular formula is C14H16N2O14S2. The Bertz CT molecular complexity index is 1050. The van der Waals surface area contributed by atoms with Crippen LogP contribution in [0.3, 0.4) is 0 Å². The van der Waals surface area contributed by atoms with Gasteiger partial charge in [-0.3, -0.25) is 33.1 Å².